The van der Waals surface area contributed by atoms with Gasteiger partial charge in [-0.25, -0.2) is 9.36 Å². The third-order valence-electron chi connectivity index (χ3n) is 3.49. The van der Waals surface area contributed by atoms with Gasteiger partial charge in [0.1, 0.15) is 5.39 Å². The Bertz CT molecular complexity index is 990. The standard InChI is InChI=1S/C16H13ClN2O4/c1-22-12-8-7-11-13(14(12)23-2)15(20)19(16(21)18-11)10-5-3-9(17)4-6-10/h3-8H,1-2H3,(H,18,21). The first-order chi connectivity index (χ1) is 11.1. The van der Waals surface area contributed by atoms with Crippen LogP contribution in [0.3, 0.4) is 0 Å². The number of hydrogen-bond acceptors (Lipinski definition) is 4. The first-order valence-corrected chi connectivity index (χ1v) is 7.10. The Labute approximate surface area is 135 Å². The molecule has 0 amide bonds. The van der Waals surface area contributed by atoms with Crippen molar-refractivity contribution in [3.63, 3.8) is 0 Å². The second kappa shape index (κ2) is 5.81. The van der Waals surface area contributed by atoms with Gasteiger partial charge in [-0.05, 0) is 36.4 Å². The van der Waals surface area contributed by atoms with Crippen LogP contribution in [0, 0.1) is 0 Å². The van der Waals surface area contributed by atoms with E-state index in [1.807, 2.05) is 0 Å². The van der Waals surface area contributed by atoms with E-state index in [1.54, 1.807) is 36.4 Å². The van der Waals surface area contributed by atoms with Crippen LogP contribution in [0.4, 0.5) is 0 Å². The molecule has 2 aromatic carbocycles. The number of nitrogens with zero attached hydrogens (tertiary/aromatic N) is 1. The second-order valence-electron chi connectivity index (χ2n) is 4.77. The average molecular weight is 333 g/mol. The van der Waals surface area contributed by atoms with Crippen LogP contribution in [0.25, 0.3) is 16.6 Å². The van der Waals surface area contributed by atoms with E-state index in [0.29, 0.717) is 22.0 Å². The van der Waals surface area contributed by atoms with Gasteiger partial charge in [0.2, 0.25) is 0 Å². The maximum absolute atomic E-state index is 12.9. The summed E-state index contributed by atoms with van der Waals surface area (Å²) in [6.07, 6.45) is 0. The van der Waals surface area contributed by atoms with E-state index in [4.69, 9.17) is 21.1 Å². The smallest absolute Gasteiger partial charge is 0.333 e. The van der Waals surface area contributed by atoms with Gasteiger partial charge < -0.3 is 14.5 Å². The molecular formula is C16H13ClN2O4. The molecule has 0 bridgehead atoms. The van der Waals surface area contributed by atoms with Crippen LogP contribution in [-0.2, 0) is 0 Å². The summed E-state index contributed by atoms with van der Waals surface area (Å²) in [7, 11) is 2.92. The molecule has 3 rings (SSSR count). The lowest BCUT2D eigenvalue weighted by Gasteiger charge is -2.12. The lowest BCUT2D eigenvalue weighted by molar-refractivity contribution is 0.358. The SMILES string of the molecule is COc1ccc2[nH]c(=O)n(-c3ccc(Cl)cc3)c(=O)c2c1OC. The molecule has 0 radical (unpaired) electrons. The number of aromatic nitrogens is 2. The summed E-state index contributed by atoms with van der Waals surface area (Å²) >= 11 is 5.85. The Morgan fingerprint density at radius 2 is 1.70 bits per heavy atom. The maximum Gasteiger partial charge on any atom is 0.333 e. The second-order valence-corrected chi connectivity index (χ2v) is 5.21. The predicted molar refractivity (Wildman–Crippen MR) is 88.3 cm³/mol. The average Bonchev–Trinajstić information content (AvgIpc) is 2.55. The van der Waals surface area contributed by atoms with Gasteiger partial charge in [0.25, 0.3) is 5.56 Å². The molecule has 1 heterocycles. The van der Waals surface area contributed by atoms with Gasteiger partial charge in [-0.3, -0.25) is 4.79 Å². The first-order valence-electron chi connectivity index (χ1n) is 6.72. The fraction of sp³-hybridized carbons (Fsp3) is 0.125. The van der Waals surface area contributed by atoms with Crippen molar-refractivity contribution in [1.29, 1.82) is 0 Å². The summed E-state index contributed by atoms with van der Waals surface area (Å²) in [5.41, 5.74) is -0.255. The Hall–Kier alpha value is -2.73. The fourth-order valence-corrected chi connectivity index (χ4v) is 2.57. The minimum atomic E-state index is -0.544. The summed E-state index contributed by atoms with van der Waals surface area (Å²) in [4.78, 5) is 27.8. The van der Waals surface area contributed by atoms with Crippen LogP contribution in [0.5, 0.6) is 11.5 Å². The van der Waals surface area contributed by atoms with E-state index in [9.17, 15) is 9.59 Å². The molecule has 1 aromatic heterocycles. The molecule has 0 aliphatic heterocycles. The number of hydrogen-bond donors (Lipinski definition) is 1. The largest absolute Gasteiger partial charge is 0.493 e. The third-order valence-corrected chi connectivity index (χ3v) is 3.74. The summed E-state index contributed by atoms with van der Waals surface area (Å²) in [6.45, 7) is 0. The molecule has 0 spiro atoms. The minimum Gasteiger partial charge on any atom is -0.493 e. The zero-order chi connectivity index (χ0) is 16.6. The monoisotopic (exact) mass is 332 g/mol. The zero-order valence-electron chi connectivity index (χ0n) is 12.4. The van der Waals surface area contributed by atoms with E-state index in [0.717, 1.165) is 4.57 Å². The van der Waals surface area contributed by atoms with Crippen molar-refractivity contribution in [2.45, 2.75) is 0 Å². The van der Waals surface area contributed by atoms with Crippen LogP contribution in [-0.4, -0.2) is 23.8 Å². The van der Waals surface area contributed by atoms with E-state index < -0.39 is 11.2 Å². The number of rotatable bonds is 3. The Balaban J connectivity index is 2.42. The topological polar surface area (TPSA) is 73.3 Å². The molecule has 7 heteroatoms. The highest BCUT2D eigenvalue weighted by Crippen LogP contribution is 2.32. The summed E-state index contributed by atoms with van der Waals surface area (Å²) in [6, 6.07) is 9.63. The van der Waals surface area contributed by atoms with E-state index in [2.05, 4.69) is 4.98 Å². The number of H-pyrrole nitrogens is 1. The maximum atomic E-state index is 12.9. The van der Waals surface area contributed by atoms with Gasteiger partial charge in [0.05, 0.1) is 25.4 Å². The highest BCUT2D eigenvalue weighted by atomic mass is 35.5. The van der Waals surface area contributed by atoms with Crippen molar-refractivity contribution in [2.75, 3.05) is 14.2 Å². The highest BCUT2D eigenvalue weighted by molar-refractivity contribution is 6.30. The molecule has 1 N–H and O–H groups in total. The lowest BCUT2D eigenvalue weighted by atomic mass is 10.2. The lowest BCUT2D eigenvalue weighted by Crippen LogP contribution is -2.33. The first kappa shape index (κ1) is 15.2. The molecular weight excluding hydrogens is 320 g/mol. The number of aromatic amines is 1. The van der Waals surface area contributed by atoms with Gasteiger partial charge >= 0.3 is 5.69 Å². The number of halogens is 1. The van der Waals surface area contributed by atoms with Crippen molar-refractivity contribution < 1.29 is 9.47 Å². The molecule has 0 saturated carbocycles. The number of fused-ring (bicyclic) bond motifs is 1. The fourth-order valence-electron chi connectivity index (χ4n) is 2.44. The number of nitrogens with one attached hydrogen (secondary N) is 1. The summed E-state index contributed by atoms with van der Waals surface area (Å²) < 4.78 is 11.5. The zero-order valence-corrected chi connectivity index (χ0v) is 13.2. The summed E-state index contributed by atoms with van der Waals surface area (Å²) in [5.74, 6) is 0.681. The number of ether oxygens (including phenoxy) is 2. The Kier molecular flexibility index (Phi) is 3.83. The van der Waals surface area contributed by atoms with Crippen LogP contribution >= 0.6 is 11.6 Å². The van der Waals surface area contributed by atoms with Crippen LogP contribution < -0.4 is 20.7 Å². The number of benzene rings is 2. The van der Waals surface area contributed by atoms with Crippen LogP contribution in [0.1, 0.15) is 0 Å². The van der Waals surface area contributed by atoms with E-state index in [1.165, 1.54) is 14.2 Å². The van der Waals surface area contributed by atoms with Crippen molar-refractivity contribution >= 4 is 22.5 Å². The molecule has 0 fully saturated rings. The molecule has 0 atom stereocenters. The van der Waals surface area contributed by atoms with Gasteiger partial charge in [-0.2, -0.15) is 0 Å². The van der Waals surface area contributed by atoms with Crippen molar-refractivity contribution in [3.05, 3.63) is 62.3 Å². The third kappa shape index (κ3) is 2.47. The van der Waals surface area contributed by atoms with Crippen LogP contribution in [0.15, 0.2) is 46.0 Å². The van der Waals surface area contributed by atoms with E-state index in [-0.39, 0.29) is 11.1 Å². The van der Waals surface area contributed by atoms with Crippen LogP contribution in [0.2, 0.25) is 5.02 Å². The molecule has 23 heavy (non-hydrogen) atoms. The van der Waals surface area contributed by atoms with Gasteiger partial charge in [-0.15, -0.1) is 0 Å². The predicted octanol–water partition coefficient (Wildman–Crippen LogP) is 2.35. The quantitative estimate of drug-likeness (QED) is 0.799. The molecule has 0 aliphatic rings. The van der Waals surface area contributed by atoms with E-state index >= 15 is 0 Å². The van der Waals surface area contributed by atoms with Gasteiger partial charge in [0, 0.05) is 5.02 Å². The molecule has 6 nitrogen and oxygen atoms in total. The van der Waals surface area contributed by atoms with Crippen molar-refractivity contribution in [3.8, 4) is 17.2 Å². The molecule has 0 unspecified atom stereocenters. The summed E-state index contributed by atoms with van der Waals surface area (Å²) in [5, 5.41) is 0.750. The molecule has 0 saturated heterocycles. The molecule has 118 valence electrons. The van der Waals surface area contributed by atoms with Crippen molar-refractivity contribution in [1.82, 2.24) is 9.55 Å². The van der Waals surface area contributed by atoms with Crippen molar-refractivity contribution in [2.24, 2.45) is 0 Å². The number of methoxy groups -OCH3 is 2. The normalized spacial score (nSPS) is 10.7. The highest BCUT2D eigenvalue weighted by Gasteiger charge is 2.17. The van der Waals surface area contributed by atoms with Gasteiger partial charge in [-0.1, -0.05) is 11.6 Å². The molecule has 3 aromatic rings. The van der Waals surface area contributed by atoms with Gasteiger partial charge in [0.15, 0.2) is 11.5 Å². The molecule has 0 aliphatic carbocycles. The Morgan fingerprint density at radius 3 is 2.30 bits per heavy atom. The minimum absolute atomic E-state index is 0.237. The Morgan fingerprint density at radius 1 is 1.00 bits per heavy atom.